The summed E-state index contributed by atoms with van der Waals surface area (Å²) >= 11 is 0. The molecular weight excluding hydrogens is 460 g/mol. The number of hydrogen-bond acceptors (Lipinski definition) is 7. The van der Waals surface area contributed by atoms with Crippen LogP contribution < -0.4 is 5.32 Å². The van der Waals surface area contributed by atoms with Gasteiger partial charge in [-0.25, -0.2) is 22.3 Å². The summed E-state index contributed by atoms with van der Waals surface area (Å²) in [7, 11) is -0.978. The number of esters is 1. The van der Waals surface area contributed by atoms with Gasteiger partial charge in [-0.3, -0.25) is 0 Å². The molecule has 0 aliphatic carbocycles. The van der Waals surface area contributed by atoms with E-state index in [0.29, 0.717) is 0 Å². The lowest BCUT2D eigenvalue weighted by Gasteiger charge is -2.17. The maximum Gasteiger partial charge on any atom is 0.408 e. The standard InChI is InChI=1S/C24H26N2O7S/c1-26(2)34(29,30)22-14-13-20(33-22)17-31-23(27)21(15-18-9-5-3-6-10-18)25-24(28)32-16-19-11-7-4-8-12-19/h3-14,21H,15-17H2,1-2H3,(H,25,28)/t21-/m0/s1. The normalized spacial score (nSPS) is 12.2. The Hall–Kier alpha value is -3.63. The number of furan rings is 1. The molecule has 0 bridgehead atoms. The molecule has 3 rings (SSSR count). The van der Waals surface area contributed by atoms with Crippen LogP contribution >= 0.6 is 0 Å². The smallest absolute Gasteiger partial charge is 0.408 e. The molecule has 1 heterocycles. The number of nitrogens with one attached hydrogen (secondary N) is 1. The van der Waals surface area contributed by atoms with E-state index >= 15 is 0 Å². The van der Waals surface area contributed by atoms with Gasteiger partial charge in [-0.15, -0.1) is 0 Å². The molecule has 0 aliphatic rings. The molecule has 1 atom stereocenters. The average molecular weight is 487 g/mol. The third-order valence-corrected chi connectivity index (χ3v) is 6.49. The van der Waals surface area contributed by atoms with E-state index in [1.54, 1.807) is 0 Å². The molecule has 0 aliphatic heterocycles. The van der Waals surface area contributed by atoms with E-state index < -0.39 is 28.1 Å². The van der Waals surface area contributed by atoms with Crippen molar-refractivity contribution in [2.75, 3.05) is 14.1 Å². The third kappa shape index (κ3) is 6.93. The molecule has 180 valence electrons. The topological polar surface area (TPSA) is 115 Å². The SMILES string of the molecule is CN(C)S(=O)(=O)c1ccc(COC(=O)[C@H](Cc2ccccc2)NC(=O)OCc2ccccc2)o1. The van der Waals surface area contributed by atoms with E-state index in [4.69, 9.17) is 13.9 Å². The Kier molecular flexibility index (Phi) is 8.44. The molecule has 10 heteroatoms. The quantitative estimate of drug-likeness (QED) is 0.438. The van der Waals surface area contributed by atoms with Crippen molar-refractivity contribution < 1.29 is 31.9 Å². The number of carbonyl (C=O) groups is 2. The molecular formula is C24H26N2O7S. The molecule has 0 unspecified atom stereocenters. The van der Waals surface area contributed by atoms with Gasteiger partial charge in [0.1, 0.15) is 25.0 Å². The van der Waals surface area contributed by atoms with Crippen LogP contribution in [0.3, 0.4) is 0 Å². The summed E-state index contributed by atoms with van der Waals surface area (Å²) < 4.78 is 41.1. The minimum atomic E-state index is -3.74. The van der Waals surface area contributed by atoms with Crippen molar-refractivity contribution in [3.63, 3.8) is 0 Å². The summed E-state index contributed by atoms with van der Waals surface area (Å²) in [6, 6.07) is 20.0. The Morgan fingerprint density at radius 3 is 2.12 bits per heavy atom. The van der Waals surface area contributed by atoms with Gasteiger partial charge in [0.25, 0.3) is 10.0 Å². The number of ether oxygens (including phenoxy) is 2. The van der Waals surface area contributed by atoms with Crippen molar-refractivity contribution in [3.8, 4) is 0 Å². The van der Waals surface area contributed by atoms with E-state index in [1.165, 1.54) is 26.2 Å². The first-order valence-electron chi connectivity index (χ1n) is 10.4. The summed E-state index contributed by atoms with van der Waals surface area (Å²) in [4.78, 5) is 25.1. The van der Waals surface area contributed by atoms with Crippen LogP contribution in [0, 0.1) is 0 Å². The van der Waals surface area contributed by atoms with Crippen LogP contribution in [0.1, 0.15) is 16.9 Å². The van der Waals surface area contributed by atoms with Gasteiger partial charge in [-0.1, -0.05) is 60.7 Å². The first-order chi connectivity index (χ1) is 16.3. The zero-order valence-electron chi connectivity index (χ0n) is 18.8. The summed E-state index contributed by atoms with van der Waals surface area (Å²) in [5.41, 5.74) is 1.62. The van der Waals surface area contributed by atoms with E-state index in [9.17, 15) is 18.0 Å². The van der Waals surface area contributed by atoms with Gasteiger partial charge in [-0.05, 0) is 23.3 Å². The molecule has 3 aromatic rings. The fourth-order valence-electron chi connectivity index (χ4n) is 2.95. The lowest BCUT2D eigenvalue weighted by molar-refractivity contribution is -0.148. The molecule has 2 aromatic carbocycles. The van der Waals surface area contributed by atoms with Crippen LogP contribution in [0.5, 0.6) is 0 Å². The Morgan fingerprint density at radius 1 is 0.882 bits per heavy atom. The highest BCUT2D eigenvalue weighted by Crippen LogP contribution is 2.18. The number of nitrogens with zero attached hydrogens (tertiary/aromatic N) is 1. The van der Waals surface area contributed by atoms with Gasteiger partial charge in [0.05, 0.1) is 0 Å². The predicted molar refractivity (Wildman–Crippen MR) is 123 cm³/mol. The van der Waals surface area contributed by atoms with Crippen LogP contribution in [0.2, 0.25) is 0 Å². The molecule has 0 fully saturated rings. The Labute approximate surface area is 198 Å². The Balaban J connectivity index is 1.63. The van der Waals surface area contributed by atoms with Crippen LogP contribution in [0.15, 0.2) is 82.3 Å². The molecule has 1 aromatic heterocycles. The van der Waals surface area contributed by atoms with Gasteiger partial charge in [-0.2, -0.15) is 0 Å². The van der Waals surface area contributed by atoms with Crippen molar-refractivity contribution >= 4 is 22.1 Å². The highest BCUT2D eigenvalue weighted by Gasteiger charge is 2.25. The van der Waals surface area contributed by atoms with Gasteiger partial charge in [0.2, 0.25) is 5.09 Å². The van der Waals surface area contributed by atoms with Crippen molar-refractivity contribution in [3.05, 3.63) is 89.7 Å². The fourth-order valence-corrected chi connectivity index (χ4v) is 3.76. The highest BCUT2D eigenvalue weighted by atomic mass is 32.2. The van der Waals surface area contributed by atoms with Crippen LogP contribution in [-0.4, -0.2) is 44.9 Å². The van der Waals surface area contributed by atoms with Crippen LogP contribution in [-0.2, 0) is 43.9 Å². The van der Waals surface area contributed by atoms with Crippen LogP contribution in [0.25, 0.3) is 0 Å². The maximum absolute atomic E-state index is 12.8. The highest BCUT2D eigenvalue weighted by molar-refractivity contribution is 7.88. The van der Waals surface area contributed by atoms with Crippen molar-refractivity contribution in [1.29, 1.82) is 0 Å². The number of carbonyl (C=O) groups excluding carboxylic acids is 2. The molecule has 34 heavy (non-hydrogen) atoms. The van der Waals surface area contributed by atoms with Crippen molar-refractivity contribution in [2.24, 2.45) is 0 Å². The predicted octanol–water partition coefficient (Wildman–Crippen LogP) is 3.11. The summed E-state index contributed by atoms with van der Waals surface area (Å²) in [5, 5.41) is 2.29. The van der Waals surface area contributed by atoms with E-state index in [2.05, 4.69) is 5.32 Å². The first-order valence-corrected chi connectivity index (χ1v) is 11.9. The number of alkyl carbamates (subject to hydrolysis) is 1. The second-order valence-corrected chi connectivity index (χ2v) is 9.65. The number of rotatable bonds is 10. The molecule has 0 saturated heterocycles. The Morgan fingerprint density at radius 2 is 1.50 bits per heavy atom. The zero-order chi connectivity index (χ0) is 24.6. The number of hydrogen-bond donors (Lipinski definition) is 1. The van der Waals surface area contributed by atoms with Gasteiger partial charge in [0, 0.05) is 20.5 Å². The summed E-state index contributed by atoms with van der Waals surface area (Å²) in [5.74, 6) is -0.562. The molecule has 9 nitrogen and oxygen atoms in total. The second-order valence-electron chi connectivity index (χ2n) is 7.56. The van der Waals surface area contributed by atoms with Gasteiger partial charge < -0.3 is 19.2 Å². The minimum absolute atomic E-state index is 0.0509. The monoisotopic (exact) mass is 486 g/mol. The molecule has 1 N–H and O–H groups in total. The largest absolute Gasteiger partial charge is 0.456 e. The van der Waals surface area contributed by atoms with Crippen LogP contribution in [0.4, 0.5) is 4.79 Å². The Bertz CT molecular complexity index is 1190. The minimum Gasteiger partial charge on any atom is -0.456 e. The van der Waals surface area contributed by atoms with Crippen molar-refractivity contribution in [2.45, 2.75) is 30.8 Å². The molecule has 0 saturated carbocycles. The maximum atomic E-state index is 12.8. The molecule has 0 spiro atoms. The summed E-state index contributed by atoms with van der Waals surface area (Å²) in [6.45, 7) is -0.247. The van der Waals surface area contributed by atoms with Gasteiger partial charge in [0.15, 0.2) is 0 Å². The number of sulfonamides is 1. The van der Waals surface area contributed by atoms with E-state index in [1.807, 2.05) is 60.7 Å². The molecule has 0 radical (unpaired) electrons. The van der Waals surface area contributed by atoms with E-state index in [0.717, 1.165) is 15.4 Å². The zero-order valence-corrected chi connectivity index (χ0v) is 19.7. The van der Waals surface area contributed by atoms with Gasteiger partial charge >= 0.3 is 12.1 Å². The lowest BCUT2D eigenvalue weighted by Crippen LogP contribution is -2.43. The number of benzene rings is 2. The summed E-state index contributed by atoms with van der Waals surface area (Å²) in [6.07, 6.45) is -0.586. The lowest BCUT2D eigenvalue weighted by atomic mass is 10.1. The third-order valence-electron chi connectivity index (χ3n) is 4.80. The van der Waals surface area contributed by atoms with Crippen molar-refractivity contribution in [1.82, 2.24) is 9.62 Å². The average Bonchev–Trinajstić information content (AvgIpc) is 3.32. The molecule has 1 amide bonds. The fraction of sp³-hybridized carbons (Fsp3) is 0.250. The second kappa shape index (κ2) is 11.5. The first kappa shape index (κ1) is 25.0. The van der Waals surface area contributed by atoms with E-state index in [-0.39, 0.29) is 30.5 Å². The number of amides is 1.